The van der Waals surface area contributed by atoms with Crippen LogP contribution in [0.15, 0.2) is 22.8 Å². The van der Waals surface area contributed by atoms with Gasteiger partial charge in [0.1, 0.15) is 6.04 Å². The van der Waals surface area contributed by atoms with E-state index in [2.05, 4.69) is 5.32 Å². The molecule has 0 aliphatic heterocycles. The minimum absolute atomic E-state index is 0.176. The van der Waals surface area contributed by atoms with Crippen molar-refractivity contribution in [2.45, 2.75) is 26.3 Å². The van der Waals surface area contributed by atoms with Gasteiger partial charge < -0.3 is 14.5 Å². The van der Waals surface area contributed by atoms with E-state index in [0.717, 1.165) is 6.42 Å². The van der Waals surface area contributed by atoms with Gasteiger partial charge in [0.2, 0.25) is 0 Å². The van der Waals surface area contributed by atoms with Crippen LogP contribution in [0, 0.1) is 0 Å². The highest BCUT2D eigenvalue weighted by molar-refractivity contribution is 5.94. The maximum Gasteiger partial charge on any atom is 0.328 e. The summed E-state index contributed by atoms with van der Waals surface area (Å²) in [5, 5.41) is 2.48. The number of carbonyl (C=O) groups excluding carboxylic acids is 2. The van der Waals surface area contributed by atoms with Crippen molar-refractivity contribution in [1.82, 2.24) is 5.32 Å². The molecule has 5 nitrogen and oxygen atoms in total. The lowest BCUT2D eigenvalue weighted by molar-refractivity contribution is -0.145. The van der Waals surface area contributed by atoms with Crippen LogP contribution >= 0.6 is 0 Å². The third kappa shape index (κ3) is 3.42. The van der Waals surface area contributed by atoms with Crippen molar-refractivity contribution in [1.29, 1.82) is 0 Å². The van der Waals surface area contributed by atoms with Crippen LogP contribution < -0.4 is 5.32 Å². The predicted octanol–water partition coefficient (Wildman–Crippen LogP) is 1.35. The van der Waals surface area contributed by atoms with Crippen LogP contribution in [0.1, 0.15) is 30.8 Å². The maximum atomic E-state index is 11.5. The second-order valence-electron chi connectivity index (χ2n) is 3.34. The molecule has 88 valence electrons. The number of rotatable bonds is 5. The van der Waals surface area contributed by atoms with E-state index in [1.165, 1.54) is 12.3 Å². The Morgan fingerprint density at radius 3 is 2.88 bits per heavy atom. The molecule has 0 fully saturated rings. The molecule has 1 N–H and O–H groups in total. The fourth-order valence-corrected chi connectivity index (χ4v) is 1.06. The highest BCUT2D eigenvalue weighted by Gasteiger charge is 2.18. The summed E-state index contributed by atoms with van der Waals surface area (Å²) in [5.74, 6) is -0.692. The number of esters is 1. The van der Waals surface area contributed by atoms with Crippen molar-refractivity contribution in [3.63, 3.8) is 0 Å². The summed E-state index contributed by atoms with van der Waals surface area (Å²) in [6.45, 7) is 3.83. The number of ether oxygens (including phenoxy) is 1. The van der Waals surface area contributed by atoms with Gasteiger partial charge in [-0.2, -0.15) is 0 Å². The molecule has 0 unspecified atom stereocenters. The molecule has 0 radical (unpaired) electrons. The third-order valence-corrected chi connectivity index (χ3v) is 1.89. The first-order valence-electron chi connectivity index (χ1n) is 5.16. The summed E-state index contributed by atoms with van der Waals surface area (Å²) in [4.78, 5) is 22.8. The lowest BCUT2D eigenvalue weighted by Crippen LogP contribution is -2.39. The van der Waals surface area contributed by atoms with E-state index >= 15 is 0 Å². The summed E-state index contributed by atoms with van der Waals surface area (Å²) in [6, 6.07) is 2.46. The van der Waals surface area contributed by atoms with Crippen LogP contribution in [-0.4, -0.2) is 24.5 Å². The van der Waals surface area contributed by atoms with Gasteiger partial charge in [0.25, 0.3) is 5.91 Å². The van der Waals surface area contributed by atoms with E-state index in [-0.39, 0.29) is 5.76 Å². The van der Waals surface area contributed by atoms with E-state index in [0.29, 0.717) is 6.61 Å². The Hall–Kier alpha value is -1.78. The molecule has 16 heavy (non-hydrogen) atoms. The number of carbonyl (C=O) groups is 2. The minimum Gasteiger partial charge on any atom is -0.464 e. The molecule has 1 aromatic rings. The first-order valence-corrected chi connectivity index (χ1v) is 5.16. The minimum atomic E-state index is -0.677. The van der Waals surface area contributed by atoms with E-state index < -0.39 is 17.9 Å². The Bertz CT molecular complexity index is 345. The van der Waals surface area contributed by atoms with Crippen molar-refractivity contribution in [2.75, 3.05) is 6.61 Å². The molecule has 1 atom stereocenters. The molecular weight excluding hydrogens is 210 g/mol. The lowest BCUT2D eigenvalue weighted by Gasteiger charge is -2.11. The van der Waals surface area contributed by atoms with Gasteiger partial charge in [-0.3, -0.25) is 4.79 Å². The van der Waals surface area contributed by atoms with E-state index in [4.69, 9.17) is 9.15 Å². The molecule has 1 rings (SSSR count). The van der Waals surface area contributed by atoms with Crippen molar-refractivity contribution >= 4 is 11.9 Å². The fraction of sp³-hybridized carbons (Fsp3) is 0.455. The van der Waals surface area contributed by atoms with E-state index in [1.54, 1.807) is 13.0 Å². The fourth-order valence-electron chi connectivity index (χ4n) is 1.06. The molecule has 1 heterocycles. The van der Waals surface area contributed by atoms with Gasteiger partial charge in [0.15, 0.2) is 5.76 Å². The van der Waals surface area contributed by atoms with Gasteiger partial charge >= 0.3 is 5.97 Å². The molecule has 1 aromatic heterocycles. The second kappa shape index (κ2) is 5.95. The second-order valence-corrected chi connectivity index (χ2v) is 3.34. The van der Waals surface area contributed by atoms with Crippen LogP contribution in [0.25, 0.3) is 0 Å². The van der Waals surface area contributed by atoms with Gasteiger partial charge in [-0.1, -0.05) is 6.92 Å². The van der Waals surface area contributed by atoms with Gasteiger partial charge in [0.05, 0.1) is 12.9 Å². The van der Waals surface area contributed by atoms with Gasteiger partial charge in [0, 0.05) is 0 Å². The van der Waals surface area contributed by atoms with Crippen LogP contribution in [0.2, 0.25) is 0 Å². The lowest BCUT2D eigenvalue weighted by atomic mass is 10.3. The smallest absolute Gasteiger partial charge is 0.328 e. The zero-order valence-electron chi connectivity index (χ0n) is 9.36. The topological polar surface area (TPSA) is 68.5 Å². The van der Waals surface area contributed by atoms with Crippen LogP contribution in [-0.2, 0) is 9.53 Å². The monoisotopic (exact) mass is 225 g/mol. The molecule has 0 saturated carbocycles. The average molecular weight is 225 g/mol. The van der Waals surface area contributed by atoms with E-state index in [1.807, 2.05) is 6.92 Å². The number of hydrogen-bond acceptors (Lipinski definition) is 4. The summed E-state index contributed by atoms with van der Waals surface area (Å²) < 4.78 is 9.78. The quantitative estimate of drug-likeness (QED) is 0.768. The average Bonchev–Trinajstić information content (AvgIpc) is 2.79. The molecule has 0 aliphatic carbocycles. The molecule has 0 saturated heterocycles. The summed E-state index contributed by atoms with van der Waals surface area (Å²) >= 11 is 0. The number of nitrogens with one attached hydrogen (secondary N) is 1. The highest BCUT2D eigenvalue weighted by Crippen LogP contribution is 2.00. The first kappa shape index (κ1) is 12.3. The standard InChI is InChI=1S/C11H15NO4/c1-3-6-16-11(14)8(2)12-10(13)9-5-4-7-15-9/h4-5,7-8H,3,6H2,1-2H3,(H,12,13)/t8-/m0/s1. The summed E-state index contributed by atoms with van der Waals surface area (Å²) in [5.41, 5.74) is 0. The Kier molecular flexibility index (Phi) is 4.57. The van der Waals surface area contributed by atoms with Crippen LogP contribution in [0.3, 0.4) is 0 Å². The highest BCUT2D eigenvalue weighted by atomic mass is 16.5. The molecular formula is C11H15NO4. The summed E-state index contributed by atoms with van der Waals surface area (Å²) in [7, 11) is 0. The Morgan fingerprint density at radius 2 is 2.31 bits per heavy atom. The maximum absolute atomic E-state index is 11.5. The zero-order chi connectivity index (χ0) is 12.0. The van der Waals surface area contributed by atoms with Crippen molar-refractivity contribution in [2.24, 2.45) is 0 Å². The Morgan fingerprint density at radius 1 is 1.56 bits per heavy atom. The largest absolute Gasteiger partial charge is 0.464 e. The molecule has 0 aromatic carbocycles. The van der Waals surface area contributed by atoms with Crippen LogP contribution in [0.4, 0.5) is 0 Å². The predicted molar refractivity (Wildman–Crippen MR) is 56.9 cm³/mol. The summed E-state index contributed by atoms with van der Waals surface area (Å²) in [6.07, 6.45) is 2.15. The first-order chi connectivity index (χ1) is 7.65. The number of hydrogen-bond donors (Lipinski definition) is 1. The SMILES string of the molecule is CCCOC(=O)[C@H](C)NC(=O)c1ccco1. The third-order valence-electron chi connectivity index (χ3n) is 1.89. The van der Waals surface area contributed by atoms with Gasteiger partial charge in [-0.15, -0.1) is 0 Å². The van der Waals surface area contributed by atoms with Gasteiger partial charge in [-0.25, -0.2) is 4.79 Å². The molecule has 0 bridgehead atoms. The Balaban J connectivity index is 2.42. The van der Waals surface area contributed by atoms with Crippen molar-refractivity contribution in [3.8, 4) is 0 Å². The molecule has 0 spiro atoms. The molecule has 5 heteroatoms. The van der Waals surface area contributed by atoms with E-state index in [9.17, 15) is 9.59 Å². The van der Waals surface area contributed by atoms with Gasteiger partial charge in [-0.05, 0) is 25.5 Å². The van der Waals surface area contributed by atoms with Crippen molar-refractivity contribution < 1.29 is 18.7 Å². The zero-order valence-corrected chi connectivity index (χ0v) is 9.36. The van der Waals surface area contributed by atoms with Crippen molar-refractivity contribution in [3.05, 3.63) is 24.2 Å². The normalized spacial score (nSPS) is 11.9. The molecule has 0 aliphatic rings. The Labute approximate surface area is 93.8 Å². The molecule has 1 amide bonds. The number of amides is 1. The van der Waals surface area contributed by atoms with Crippen LogP contribution in [0.5, 0.6) is 0 Å². The number of furan rings is 1.